The highest BCUT2D eigenvalue weighted by molar-refractivity contribution is 6.22. The Morgan fingerprint density at radius 2 is 2.12 bits per heavy atom. The topological polar surface area (TPSA) is 112 Å². The van der Waals surface area contributed by atoms with E-state index in [9.17, 15) is 14.7 Å². The SMILES string of the molecule is CCOc1ccc(N2C(=O)CC(NCc3c([O-])on[n+]3C)C2=O)cc1. The molecule has 1 atom stereocenters. The fourth-order valence-electron chi connectivity index (χ4n) is 2.66. The molecule has 9 nitrogen and oxygen atoms in total. The summed E-state index contributed by atoms with van der Waals surface area (Å²) in [7, 11) is 1.57. The molecule has 0 radical (unpaired) electrons. The first-order chi connectivity index (χ1) is 12.0. The van der Waals surface area contributed by atoms with E-state index < -0.39 is 12.0 Å². The maximum Gasteiger partial charge on any atom is 0.251 e. The monoisotopic (exact) mass is 346 g/mol. The first-order valence-corrected chi connectivity index (χ1v) is 7.86. The molecule has 2 amide bonds. The van der Waals surface area contributed by atoms with Crippen molar-refractivity contribution in [2.24, 2.45) is 7.05 Å². The van der Waals surface area contributed by atoms with E-state index in [1.165, 1.54) is 4.68 Å². The molecule has 1 aliphatic rings. The molecule has 1 aromatic heterocycles. The molecule has 3 rings (SSSR count). The molecule has 1 N–H and O–H groups in total. The van der Waals surface area contributed by atoms with Gasteiger partial charge in [0, 0.05) is 0 Å². The Labute approximate surface area is 143 Å². The molecule has 0 aliphatic carbocycles. The first kappa shape index (κ1) is 16.9. The van der Waals surface area contributed by atoms with E-state index in [2.05, 4.69) is 15.1 Å². The van der Waals surface area contributed by atoms with Gasteiger partial charge in [0.25, 0.3) is 5.91 Å². The lowest BCUT2D eigenvalue weighted by Crippen LogP contribution is -2.42. The van der Waals surface area contributed by atoms with Crippen LogP contribution >= 0.6 is 0 Å². The van der Waals surface area contributed by atoms with Crippen LogP contribution < -0.4 is 24.7 Å². The second-order valence-corrected chi connectivity index (χ2v) is 5.56. The summed E-state index contributed by atoms with van der Waals surface area (Å²) in [6.45, 7) is 2.50. The van der Waals surface area contributed by atoms with Gasteiger partial charge in [-0.2, -0.15) is 0 Å². The van der Waals surface area contributed by atoms with E-state index >= 15 is 0 Å². The molecule has 1 aliphatic heterocycles. The second-order valence-electron chi connectivity index (χ2n) is 5.56. The highest BCUT2D eigenvalue weighted by Gasteiger charge is 2.39. The summed E-state index contributed by atoms with van der Waals surface area (Å²) in [5.74, 6) is -0.567. The smallest absolute Gasteiger partial charge is 0.251 e. The molecule has 9 heteroatoms. The Kier molecular flexibility index (Phi) is 4.66. The van der Waals surface area contributed by atoms with Crippen molar-refractivity contribution >= 4 is 17.5 Å². The van der Waals surface area contributed by atoms with Gasteiger partial charge in [0.15, 0.2) is 13.0 Å². The van der Waals surface area contributed by atoms with E-state index in [4.69, 9.17) is 4.74 Å². The maximum absolute atomic E-state index is 12.5. The van der Waals surface area contributed by atoms with Crippen LogP contribution in [0.1, 0.15) is 19.0 Å². The molecule has 0 bridgehead atoms. The predicted molar refractivity (Wildman–Crippen MR) is 82.5 cm³/mol. The fourth-order valence-corrected chi connectivity index (χ4v) is 2.66. The third kappa shape index (κ3) is 3.31. The lowest BCUT2D eigenvalue weighted by molar-refractivity contribution is -0.746. The molecule has 25 heavy (non-hydrogen) atoms. The number of hydrogen-bond donors (Lipinski definition) is 1. The Balaban J connectivity index is 1.69. The van der Waals surface area contributed by atoms with Crippen molar-refractivity contribution in [1.29, 1.82) is 0 Å². The van der Waals surface area contributed by atoms with Crippen molar-refractivity contribution < 1.29 is 28.6 Å². The number of amides is 2. The first-order valence-electron chi connectivity index (χ1n) is 7.86. The van der Waals surface area contributed by atoms with Gasteiger partial charge in [-0.15, -0.1) is 0 Å². The molecule has 0 spiro atoms. The van der Waals surface area contributed by atoms with Crippen LogP contribution in [0.3, 0.4) is 0 Å². The number of imide groups is 1. The summed E-state index contributed by atoms with van der Waals surface area (Å²) < 4.78 is 11.2. The second kappa shape index (κ2) is 6.89. The lowest BCUT2D eigenvalue weighted by atomic mass is 10.2. The minimum Gasteiger partial charge on any atom is -0.539 e. The molecule has 2 heterocycles. The number of carbonyl (C=O) groups is 2. The number of aryl methyl sites for hydroxylation is 1. The van der Waals surface area contributed by atoms with Crippen molar-refractivity contribution in [2.75, 3.05) is 11.5 Å². The van der Waals surface area contributed by atoms with Crippen LogP contribution in [0, 0.1) is 0 Å². The van der Waals surface area contributed by atoms with Gasteiger partial charge >= 0.3 is 0 Å². The zero-order valence-corrected chi connectivity index (χ0v) is 13.9. The molecule has 0 saturated carbocycles. The highest BCUT2D eigenvalue weighted by atomic mass is 16.6. The molecule has 2 aromatic rings. The van der Waals surface area contributed by atoms with E-state index in [0.29, 0.717) is 18.0 Å². The maximum atomic E-state index is 12.5. The normalized spacial score (nSPS) is 17.4. The molecule has 1 saturated heterocycles. The van der Waals surface area contributed by atoms with Gasteiger partial charge in [0.05, 0.1) is 36.6 Å². The molecular weight excluding hydrogens is 328 g/mol. The average molecular weight is 346 g/mol. The zero-order chi connectivity index (χ0) is 18.0. The van der Waals surface area contributed by atoms with Crippen molar-refractivity contribution in [1.82, 2.24) is 10.6 Å². The van der Waals surface area contributed by atoms with Gasteiger partial charge in [-0.25, -0.2) is 4.90 Å². The summed E-state index contributed by atoms with van der Waals surface area (Å²) >= 11 is 0. The quantitative estimate of drug-likeness (QED) is 0.549. The summed E-state index contributed by atoms with van der Waals surface area (Å²) in [4.78, 5) is 25.9. The predicted octanol–water partition coefficient (Wildman–Crippen LogP) is -0.607. The van der Waals surface area contributed by atoms with E-state index in [1.807, 2.05) is 6.92 Å². The third-order valence-corrected chi connectivity index (χ3v) is 3.94. The number of carbonyl (C=O) groups excluding carboxylic acids is 2. The summed E-state index contributed by atoms with van der Waals surface area (Å²) in [5, 5.41) is 17.9. The number of hydrogen-bond acceptors (Lipinski definition) is 7. The van der Waals surface area contributed by atoms with Crippen LogP contribution in [0.25, 0.3) is 0 Å². The summed E-state index contributed by atoms with van der Waals surface area (Å²) in [5.41, 5.74) is 0.766. The Hall–Kier alpha value is -2.94. The third-order valence-electron chi connectivity index (χ3n) is 3.94. The minimum atomic E-state index is -0.701. The van der Waals surface area contributed by atoms with Crippen molar-refractivity contribution in [3.8, 4) is 11.7 Å². The number of ether oxygens (including phenoxy) is 1. The van der Waals surface area contributed by atoms with Gasteiger partial charge in [0.2, 0.25) is 11.6 Å². The van der Waals surface area contributed by atoms with Crippen LogP contribution in [0.5, 0.6) is 11.7 Å². The van der Waals surface area contributed by atoms with Crippen LogP contribution in [-0.4, -0.2) is 29.7 Å². The van der Waals surface area contributed by atoms with Gasteiger partial charge in [-0.1, -0.05) is 4.68 Å². The fraction of sp³-hybridized carbons (Fsp3) is 0.375. The number of benzene rings is 1. The van der Waals surface area contributed by atoms with Crippen molar-refractivity contribution in [3.63, 3.8) is 0 Å². The number of anilines is 1. The van der Waals surface area contributed by atoms with Gasteiger partial charge in [-0.05, 0) is 31.2 Å². The molecule has 1 aromatic carbocycles. The van der Waals surface area contributed by atoms with Crippen LogP contribution in [-0.2, 0) is 23.2 Å². The number of nitrogens with zero attached hydrogens (tertiary/aromatic N) is 3. The minimum absolute atomic E-state index is 0.0230. The van der Waals surface area contributed by atoms with Gasteiger partial charge < -0.3 is 14.4 Å². The van der Waals surface area contributed by atoms with Crippen LogP contribution in [0.2, 0.25) is 0 Å². The molecule has 1 unspecified atom stereocenters. The molecule has 132 valence electrons. The van der Waals surface area contributed by atoms with Crippen molar-refractivity contribution in [3.05, 3.63) is 30.0 Å². The largest absolute Gasteiger partial charge is 0.539 e. The standard InChI is InChI=1S/C16H18N4O5/c1-3-24-11-6-4-10(5-7-11)20-14(21)8-12(15(20)22)17-9-13-16(23)25-18-19(13)2/h4-7,12,17H,3,8-9H2,1-2H3. The Morgan fingerprint density at radius 1 is 1.40 bits per heavy atom. The van der Waals surface area contributed by atoms with Gasteiger partial charge in [-0.3, -0.25) is 14.9 Å². The number of rotatable bonds is 6. The Morgan fingerprint density at radius 3 is 2.72 bits per heavy atom. The van der Waals surface area contributed by atoms with Crippen molar-refractivity contribution in [2.45, 2.75) is 25.9 Å². The van der Waals surface area contributed by atoms with Crippen LogP contribution in [0.4, 0.5) is 5.69 Å². The number of aromatic nitrogens is 2. The lowest BCUT2D eigenvalue weighted by Gasteiger charge is -2.15. The van der Waals surface area contributed by atoms with E-state index in [0.717, 1.165) is 4.90 Å². The van der Waals surface area contributed by atoms with E-state index in [-0.39, 0.29) is 30.5 Å². The summed E-state index contributed by atoms with van der Waals surface area (Å²) in [6.07, 6.45) is 0.0230. The number of nitrogens with one attached hydrogen (secondary N) is 1. The summed E-state index contributed by atoms with van der Waals surface area (Å²) in [6, 6.07) is 6.05. The Bertz CT molecular complexity index is 767. The zero-order valence-electron chi connectivity index (χ0n) is 13.9. The average Bonchev–Trinajstić information content (AvgIpc) is 3.06. The molecule has 1 fully saturated rings. The highest BCUT2D eigenvalue weighted by Crippen LogP contribution is 2.25. The van der Waals surface area contributed by atoms with Crippen LogP contribution in [0.15, 0.2) is 28.8 Å². The molecular formula is C16H18N4O5. The van der Waals surface area contributed by atoms with E-state index in [1.54, 1.807) is 31.3 Å². The van der Waals surface area contributed by atoms with Gasteiger partial charge in [0.1, 0.15) is 5.75 Å².